The molecule has 4 nitrogen and oxygen atoms in total. The Morgan fingerprint density at radius 2 is 1.65 bits per heavy atom. The predicted molar refractivity (Wildman–Crippen MR) is 104 cm³/mol. The van der Waals surface area contributed by atoms with Gasteiger partial charge in [0.2, 0.25) is 0 Å². The molecule has 0 spiro atoms. The standard InChI is InChI=1S/C22H18N2O2/c1-26-19-11-9-17(10-12-19)21-13-14-22(25)24(23-21)15-18-7-4-6-16-5-2-3-8-20(16)18/h2-14H,15H2,1H3. The highest BCUT2D eigenvalue weighted by molar-refractivity contribution is 5.85. The molecule has 0 saturated heterocycles. The number of ether oxygens (including phenoxy) is 1. The van der Waals surface area contributed by atoms with Gasteiger partial charge in [-0.3, -0.25) is 4.79 Å². The summed E-state index contributed by atoms with van der Waals surface area (Å²) in [6.45, 7) is 0.435. The first kappa shape index (κ1) is 16.1. The molecule has 4 aromatic rings. The molecule has 0 saturated carbocycles. The van der Waals surface area contributed by atoms with E-state index in [1.807, 2.05) is 48.5 Å². The molecule has 128 valence electrons. The summed E-state index contributed by atoms with van der Waals surface area (Å²) in [5.74, 6) is 0.790. The first-order valence-corrected chi connectivity index (χ1v) is 8.44. The van der Waals surface area contributed by atoms with Gasteiger partial charge in [0.1, 0.15) is 5.75 Å². The fraction of sp³-hybridized carbons (Fsp3) is 0.0909. The molecule has 0 unspecified atom stereocenters. The zero-order chi connectivity index (χ0) is 17.9. The summed E-state index contributed by atoms with van der Waals surface area (Å²) >= 11 is 0. The van der Waals surface area contributed by atoms with Gasteiger partial charge in [0.05, 0.1) is 19.3 Å². The van der Waals surface area contributed by atoms with Crippen molar-refractivity contribution in [3.63, 3.8) is 0 Å². The van der Waals surface area contributed by atoms with Gasteiger partial charge in [-0.1, -0.05) is 42.5 Å². The number of nitrogens with zero attached hydrogens (tertiary/aromatic N) is 2. The first-order valence-electron chi connectivity index (χ1n) is 8.44. The largest absolute Gasteiger partial charge is 0.497 e. The normalized spacial score (nSPS) is 10.8. The summed E-state index contributed by atoms with van der Waals surface area (Å²) in [7, 11) is 1.64. The van der Waals surface area contributed by atoms with Crippen molar-refractivity contribution in [2.45, 2.75) is 6.54 Å². The van der Waals surface area contributed by atoms with Crippen molar-refractivity contribution in [2.24, 2.45) is 0 Å². The second-order valence-electron chi connectivity index (χ2n) is 6.08. The number of fused-ring (bicyclic) bond motifs is 1. The quantitative estimate of drug-likeness (QED) is 0.560. The van der Waals surface area contributed by atoms with Crippen LogP contribution in [0.4, 0.5) is 0 Å². The minimum Gasteiger partial charge on any atom is -0.497 e. The number of methoxy groups -OCH3 is 1. The average molecular weight is 342 g/mol. The number of hydrogen-bond acceptors (Lipinski definition) is 3. The topological polar surface area (TPSA) is 44.1 Å². The number of aromatic nitrogens is 2. The Morgan fingerprint density at radius 3 is 2.46 bits per heavy atom. The Morgan fingerprint density at radius 1 is 0.885 bits per heavy atom. The van der Waals surface area contributed by atoms with E-state index in [0.717, 1.165) is 33.3 Å². The maximum Gasteiger partial charge on any atom is 0.267 e. The second kappa shape index (κ2) is 6.84. The third kappa shape index (κ3) is 3.09. The van der Waals surface area contributed by atoms with Crippen LogP contribution in [0.5, 0.6) is 5.75 Å². The van der Waals surface area contributed by atoms with Gasteiger partial charge >= 0.3 is 0 Å². The SMILES string of the molecule is COc1ccc(-c2ccc(=O)n(Cc3cccc4ccccc34)n2)cc1. The maximum absolute atomic E-state index is 12.3. The summed E-state index contributed by atoms with van der Waals surface area (Å²) in [5.41, 5.74) is 2.66. The van der Waals surface area contributed by atoms with Crippen LogP contribution in [0.1, 0.15) is 5.56 Å². The molecule has 0 atom stereocenters. The lowest BCUT2D eigenvalue weighted by atomic mass is 10.0. The van der Waals surface area contributed by atoms with Crippen molar-refractivity contribution in [3.8, 4) is 17.0 Å². The van der Waals surface area contributed by atoms with E-state index in [1.165, 1.54) is 4.68 Å². The minimum atomic E-state index is -0.116. The molecule has 0 N–H and O–H groups in total. The van der Waals surface area contributed by atoms with Crippen molar-refractivity contribution < 1.29 is 4.74 Å². The molecule has 0 fully saturated rings. The molecule has 3 aromatic carbocycles. The minimum absolute atomic E-state index is 0.116. The van der Waals surface area contributed by atoms with Gasteiger partial charge in [-0.05, 0) is 46.7 Å². The molecule has 26 heavy (non-hydrogen) atoms. The molecule has 1 heterocycles. The lowest BCUT2D eigenvalue weighted by Gasteiger charge is -2.10. The highest BCUT2D eigenvalue weighted by atomic mass is 16.5. The summed E-state index contributed by atoms with van der Waals surface area (Å²) in [6, 6.07) is 25.3. The van der Waals surface area contributed by atoms with E-state index in [9.17, 15) is 4.79 Å². The molecule has 0 aliphatic carbocycles. The summed E-state index contributed by atoms with van der Waals surface area (Å²) in [6.07, 6.45) is 0. The third-order valence-corrected chi connectivity index (χ3v) is 4.45. The smallest absolute Gasteiger partial charge is 0.267 e. The first-order chi connectivity index (χ1) is 12.7. The van der Waals surface area contributed by atoms with Crippen LogP contribution in [0, 0.1) is 0 Å². The molecule has 4 rings (SSSR count). The fourth-order valence-corrected chi connectivity index (χ4v) is 3.07. The third-order valence-electron chi connectivity index (χ3n) is 4.45. The lowest BCUT2D eigenvalue weighted by molar-refractivity contribution is 0.415. The van der Waals surface area contributed by atoms with Crippen LogP contribution in [0.15, 0.2) is 83.7 Å². The van der Waals surface area contributed by atoms with E-state index in [-0.39, 0.29) is 5.56 Å². The Hall–Kier alpha value is -3.40. The molecule has 1 aromatic heterocycles. The lowest BCUT2D eigenvalue weighted by Crippen LogP contribution is -2.22. The molecule has 0 aliphatic rings. The maximum atomic E-state index is 12.3. The molecule has 0 bridgehead atoms. The molecular weight excluding hydrogens is 324 g/mol. The van der Waals surface area contributed by atoms with Crippen LogP contribution in [0.25, 0.3) is 22.0 Å². The van der Waals surface area contributed by atoms with Gasteiger partial charge in [0, 0.05) is 11.6 Å². The van der Waals surface area contributed by atoms with Crippen LogP contribution in [0.2, 0.25) is 0 Å². The van der Waals surface area contributed by atoms with Crippen molar-refractivity contribution in [3.05, 3.63) is 94.8 Å². The van der Waals surface area contributed by atoms with Crippen LogP contribution in [-0.2, 0) is 6.54 Å². The van der Waals surface area contributed by atoms with Crippen LogP contribution >= 0.6 is 0 Å². The van der Waals surface area contributed by atoms with E-state index < -0.39 is 0 Å². The molecular formula is C22H18N2O2. The van der Waals surface area contributed by atoms with Crippen molar-refractivity contribution in [2.75, 3.05) is 7.11 Å². The van der Waals surface area contributed by atoms with Gasteiger partial charge in [-0.15, -0.1) is 0 Å². The molecule has 4 heteroatoms. The van der Waals surface area contributed by atoms with Gasteiger partial charge in [0.15, 0.2) is 0 Å². The summed E-state index contributed by atoms with van der Waals surface area (Å²) in [5, 5.41) is 6.86. The highest BCUT2D eigenvalue weighted by Crippen LogP contribution is 2.21. The van der Waals surface area contributed by atoms with E-state index >= 15 is 0 Å². The fourth-order valence-electron chi connectivity index (χ4n) is 3.07. The summed E-state index contributed by atoms with van der Waals surface area (Å²) in [4.78, 5) is 12.3. The Bertz CT molecular complexity index is 1110. The zero-order valence-electron chi connectivity index (χ0n) is 14.4. The average Bonchev–Trinajstić information content (AvgIpc) is 2.70. The van der Waals surface area contributed by atoms with E-state index in [4.69, 9.17) is 4.74 Å². The van der Waals surface area contributed by atoms with E-state index in [1.54, 1.807) is 19.2 Å². The van der Waals surface area contributed by atoms with Crippen molar-refractivity contribution in [1.29, 1.82) is 0 Å². The predicted octanol–water partition coefficient (Wildman–Crippen LogP) is 4.12. The zero-order valence-corrected chi connectivity index (χ0v) is 14.4. The molecule has 0 aliphatic heterocycles. The van der Waals surface area contributed by atoms with Gasteiger partial charge in [-0.25, -0.2) is 4.68 Å². The van der Waals surface area contributed by atoms with Gasteiger partial charge in [-0.2, -0.15) is 5.10 Å². The summed E-state index contributed by atoms with van der Waals surface area (Å²) < 4.78 is 6.71. The Balaban J connectivity index is 1.73. The Labute approximate surface area is 151 Å². The second-order valence-corrected chi connectivity index (χ2v) is 6.08. The van der Waals surface area contributed by atoms with Crippen molar-refractivity contribution in [1.82, 2.24) is 9.78 Å². The molecule has 0 radical (unpaired) electrons. The van der Waals surface area contributed by atoms with Crippen LogP contribution in [0.3, 0.4) is 0 Å². The van der Waals surface area contributed by atoms with E-state index in [0.29, 0.717) is 6.54 Å². The number of hydrogen-bond donors (Lipinski definition) is 0. The van der Waals surface area contributed by atoms with E-state index in [2.05, 4.69) is 23.3 Å². The number of rotatable bonds is 4. The Kier molecular flexibility index (Phi) is 4.23. The highest BCUT2D eigenvalue weighted by Gasteiger charge is 2.07. The monoisotopic (exact) mass is 342 g/mol. The van der Waals surface area contributed by atoms with Crippen LogP contribution in [-0.4, -0.2) is 16.9 Å². The van der Waals surface area contributed by atoms with Crippen LogP contribution < -0.4 is 10.3 Å². The number of benzene rings is 3. The van der Waals surface area contributed by atoms with Gasteiger partial charge in [0.25, 0.3) is 5.56 Å². The van der Waals surface area contributed by atoms with Crippen molar-refractivity contribution >= 4 is 10.8 Å². The molecule has 0 amide bonds. The van der Waals surface area contributed by atoms with Gasteiger partial charge < -0.3 is 4.74 Å².